The largest absolute Gasteiger partial charge is 0.471 e. The first kappa shape index (κ1) is 8.36. The molecule has 1 aliphatic heterocycles. The molecule has 0 spiro atoms. The van der Waals surface area contributed by atoms with Crippen LogP contribution in [0.3, 0.4) is 0 Å². The van der Waals surface area contributed by atoms with Crippen LogP contribution in [0.2, 0.25) is 0 Å². The molecule has 0 aromatic rings. The van der Waals surface area contributed by atoms with E-state index in [1.54, 1.807) is 6.92 Å². The summed E-state index contributed by atoms with van der Waals surface area (Å²) in [5.74, 6) is -1.50. The van der Waals surface area contributed by atoms with E-state index in [2.05, 4.69) is 0 Å². The van der Waals surface area contributed by atoms with Gasteiger partial charge in [0.05, 0.1) is 0 Å². The van der Waals surface area contributed by atoms with Gasteiger partial charge in [0.25, 0.3) is 0 Å². The van der Waals surface area contributed by atoms with Crippen molar-refractivity contribution in [3.8, 4) is 0 Å². The van der Waals surface area contributed by atoms with Gasteiger partial charge in [-0.2, -0.15) is 13.2 Å². The van der Waals surface area contributed by atoms with Crippen LogP contribution in [-0.2, 0) is 4.79 Å². The first-order valence-electron chi connectivity index (χ1n) is 3.27. The summed E-state index contributed by atoms with van der Waals surface area (Å²) in [5.41, 5.74) is 0. The number of likely N-dealkylation sites (tertiary alicyclic amines) is 1. The van der Waals surface area contributed by atoms with E-state index in [0.717, 1.165) is 4.90 Å². The van der Waals surface area contributed by atoms with E-state index in [0.29, 0.717) is 0 Å². The molecule has 0 aromatic carbocycles. The third-order valence-corrected chi connectivity index (χ3v) is 1.59. The van der Waals surface area contributed by atoms with Crippen LogP contribution in [0.5, 0.6) is 0 Å². The lowest BCUT2D eigenvalue weighted by molar-refractivity contribution is -0.191. The fourth-order valence-electron chi connectivity index (χ4n) is 1.04. The maximum absolute atomic E-state index is 11.7. The monoisotopic (exact) mass is 167 g/mol. The third-order valence-electron chi connectivity index (χ3n) is 1.59. The minimum atomic E-state index is -4.69. The topological polar surface area (TPSA) is 20.3 Å². The SMILES string of the molecule is CC1CN(C(=O)C(F)(F)F)C1. The van der Waals surface area contributed by atoms with Gasteiger partial charge in [0.15, 0.2) is 0 Å². The van der Waals surface area contributed by atoms with Crippen molar-refractivity contribution >= 4 is 5.91 Å². The fraction of sp³-hybridized carbons (Fsp3) is 0.833. The number of hydrogen-bond donors (Lipinski definition) is 0. The van der Waals surface area contributed by atoms with Gasteiger partial charge in [0.2, 0.25) is 0 Å². The molecular weight excluding hydrogens is 159 g/mol. The van der Waals surface area contributed by atoms with Gasteiger partial charge in [0.1, 0.15) is 0 Å². The third kappa shape index (κ3) is 1.64. The smallest absolute Gasteiger partial charge is 0.334 e. The Bertz CT molecular complexity index is 171. The zero-order valence-electron chi connectivity index (χ0n) is 5.98. The Labute approximate surface area is 62.0 Å². The number of carbonyl (C=O) groups excluding carboxylic acids is 1. The highest BCUT2D eigenvalue weighted by Crippen LogP contribution is 2.24. The molecule has 11 heavy (non-hydrogen) atoms. The normalized spacial score (nSPS) is 19.8. The molecule has 1 fully saturated rings. The Morgan fingerprint density at radius 2 is 1.91 bits per heavy atom. The van der Waals surface area contributed by atoms with E-state index in [1.165, 1.54) is 0 Å². The van der Waals surface area contributed by atoms with Crippen molar-refractivity contribution < 1.29 is 18.0 Å². The number of carbonyl (C=O) groups is 1. The Morgan fingerprint density at radius 1 is 1.45 bits per heavy atom. The van der Waals surface area contributed by atoms with Crippen molar-refractivity contribution in [3.05, 3.63) is 0 Å². The van der Waals surface area contributed by atoms with Crippen LogP contribution in [-0.4, -0.2) is 30.1 Å². The molecule has 1 saturated heterocycles. The maximum atomic E-state index is 11.7. The van der Waals surface area contributed by atoms with Crippen molar-refractivity contribution in [1.29, 1.82) is 0 Å². The van der Waals surface area contributed by atoms with Crippen molar-refractivity contribution in [2.75, 3.05) is 13.1 Å². The van der Waals surface area contributed by atoms with E-state index in [-0.39, 0.29) is 19.0 Å². The highest BCUT2D eigenvalue weighted by molar-refractivity contribution is 5.82. The number of rotatable bonds is 0. The van der Waals surface area contributed by atoms with Gasteiger partial charge in [-0.05, 0) is 5.92 Å². The van der Waals surface area contributed by atoms with Crippen LogP contribution in [0.15, 0.2) is 0 Å². The van der Waals surface area contributed by atoms with Crippen LogP contribution >= 0.6 is 0 Å². The van der Waals surface area contributed by atoms with Gasteiger partial charge in [-0.15, -0.1) is 0 Å². The molecule has 0 unspecified atom stereocenters. The van der Waals surface area contributed by atoms with E-state index in [1.807, 2.05) is 0 Å². The summed E-state index contributed by atoms with van der Waals surface area (Å²) in [6, 6.07) is 0. The molecule has 1 rings (SSSR count). The molecule has 1 aliphatic rings. The Balaban J connectivity index is 2.45. The number of alkyl halides is 3. The van der Waals surface area contributed by atoms with Gasteiger partial charge >= 0.3 is 12.1 Å². The minimum Gasteiger partial charge on any atom is -0.334 e. The number of halogens is 3. The van der Waals surface area contributed by atoms with Crippen LogP contribution in [0.25, 0.3) is 0 Å². The molecule has 64 valence electrons. The van der Waals surface area contributed by atoms with E-state index in [9.17, 15) is 18.0 Å². The predicted octanol–water partition coefficient (Wildman–Crippen LogP) is 1.03. The van der Waals surface area contributed by atoms with Crippen molar-refractivity contribution in [2.24, 2.45) is 5.92 Å². The molecule has 0 aliphatic carbocycles. The van der Waals surface area contributed by atoms with Gasteiger partial charge < -0.3 is 4.90 Å². The summed E-state index contributed by atoms with van der Waals surface area (Å²) in [4.78, 5) is 11.2. The average molecular weight is 167 g/mol. The molecular formula is C6H8F3NO. The lowest BCUT2D eigenvalue weighted by atomic mass is 10.0. The summed E-state index contributed by atoms with van der Waals surface area (Å²) >= 11 is 0. The standard InChI is InChI=1S/C6H8F3NO/c1-4-2-10(3-4)5(11)6(7,8)9/h4H,2-3H2,1H3. The summed E-state index contributed by atoms with van der Waals surface area (Å²) in [5, 5.41) is 0. The maximum Gasteiger partial charge on any atom is 0.471 e. The molecule has 1 amide bonds. The number of nitrogens with zero attached hydrogens (tertiary/aromatic N) is 1. The van der Waals surface area contributed by atoms with E-state index >= 15 is 0 Å². The van der Waals surface area contributed by atoms with Gasteiger partial charge in [-0.1, -0.05) is 6.92 Å². The molecule has 0 radical (unpaired) electrons. The number of hydrogen-bond acceptors (Lipinski definition) is 1. The highest BCUT2D eigenvalue weighted by Gasteiger charge is 2.45. The number of amides is 1. The second-order valence-corrected chi connectivity index (χ2v) is 2.81. The van der Waals surface area contributed by atoms with Crippen LogP contribution in [0.4, 0.5) is 13.2 Å². The summed E-state index contributed by atoms with van der Waals surface area (Å²) in [6.45, 7) is 2.27. The van der Waals surface area contributed by atoms with Crippen LogP contribution < -0.4 is 0 Å². The quantitative estimate of drug-likeness (QED) is 0.527. The van der Waals surface area contributed by atoms with Crippen molar-refractivity contribution in [1.82, 2.24) is 4.90 Å². The highest BCUT2D eigenvalue weighted by atomic mass is 19.4. The van der Waals surface area contributed by atoms with E-state index < -0.39 is 12.1 Å². The van der Waals surface area contributed by atoms with Crippen LogP contribution in [0.1, 0.15) is 6.92 Å². The van der Waals surface area contributed by atoms with Gasteiger partial charge in [0, 0.05) is 13.1 Å². The lowest BCUT2D eigenvalue weighted by Gasteiger charge is -2.37. The molecule has 0 saturated carbocycles. The molecule has 0 N–H and O–H groups in total. The predicted molar refractivity (Wildman–Crippen MR) is 31.8 cm³/mol. The molecule has 0 atom stereocenters. The Hall–Kier alpha value is -0.740. The van der Waals surface area contributed by atoms with Gasteiger partial charge in [-0.25, -0.2) is 0 Å². The molecule has 5 heteroatoms. The first-order chi connectivity index (χ1) is 4.91. The van der Waals surface area contributed by atoms with Crippen molar-refractivity contribution in [3.63, 3.8) is 0 Å². The Kier molecular flexibility index (Phi) is 1.82. The molecule has 2 nitrogen and oxygen atoms in total. The zero-order valence-corrected chi connectivity index (χ0v) is 5.98. The van der Waals surface area contributed by atoms with E-state index in [4.69, 9.17) is 0 Å². The summed E-state index contributed by atoms with van der Waals surface area (Å²) in [6.07, 6.45) is -4.69. The summed E-state index contributed by atoms with van der Waals surface area (Å²) in [7, 11) is 0. The summed E-state index contributed by atoms with van der Waals surface area (Å²) < 4.78 is 35.0. The second-order valence-electron chi connectivity index (χ2n) is 2.81. The molecule has 1 heterocycles. The first-order valence-corrected chi connectivity index (χ1v) is 3.27. The average Bonchev–Trinajstić information content (AvgIpc) is 1.77. The zero-order chi connectivity index (χ0) is 8.65. The lowest BCUT2D eigenvalue weighted by Crippen LogP contribution is -2.53. The van der Waals surface area contributed by atoms with Gasteiger partial charge in [-0.3, -0.25) is 4.79 Å². The second kappa shape index (κ2) is 2.39. The Morgan fingerprint density at radius 3 is 2.18 bits per heavy atom. The molecule has 0 bridgehead atoms. The molecule has 0 aromatic heterocycles. The fourth-order valence-corrected chi connectivity index (χ4v) is 1.04. The van der Waals surface area contributed by atoms with Crippen molar-refractivity contribution in [2.45, 2.75) is 13.1 Å². The minimum absolute atomic E-state index is 0.210. The van der Waals surface area contributed by atoms with Crippen LogP contribution in [0, 0.1) is 5.92 Å².